The molecule has 0 saturated heterocycles. The lowest BCUT2D eigenvalue weighted by Crippen LogP contribution is -2.29. The molecule has 0 aliphatic heterocycles. The Morgan fingerprint density at radius 3 is 1.62 bits per heavy atom. The molecule has 8 nitrogen and oxygen atoms in total. The van der Waals surface area contributed by atoms with E-state index in [0.717, 1.165) is 21.5 Å². The van der Waals surface area contributed by atoms with Crippen molar-refractivity contribution >= 4 is 45.1 Å². The monoisotopic (exact) mass is 560 g/mol. The van der Waals surface area contributed by atoms with Crippen LogP contribution in [0.3, 0.4) is 0 Å². The van der Waals surface area contributed by atoms with E-state index >= 15 is 0 Å². The standard InChI is InChI=1S/C30H37ClO8/c1-5-9-27(32)38-21(16-34-3)18-36-29-23-11-7-8-12-24(23)30(26-15-20(31)13-14-25(26)29)37-19-22(17-35-4)39-28(33)10-6-2/h7-8,11-15,21-22H,5-6,9-10,16-19H2,1-4H3. The van der Waals surface area contributed by atoms with Crippen molar-refractivity contribution in [3.05, 3.63) is 47.5 Å². The summed E-state index contributed by atoms with van der Waals surface area (Å²) in [6.45, 7) is 4.44. The summed E-state index contributed by atoms with van der Waals surface area (Å²) in [7, 11) is 3.10. The summed E-state index contributed by atoms with van der Waals surface area (Å²) in [4.78, 5) is 24.2. The van der Waals surface area contributed by atoms with Gasteiger partial charge in [-0.25, -0.2) is 0 Å². The first-order valence-corrected chi connectivity index (χ1v) is 13.6. The third-order valence-electron chi connectivity index (χ3n) is 5.92. The fourth-order valence-corrected chi connectivity index (χ4v) is 4.41. The van der Waals surface area contributed by atoms with Crippen LogP contribution in [0.1, 0.15) is 39.5 Å². The second-order valence-corrected chi connectivity index (χ2v) is 9.59. The third kappa shape index (κ3) is 8.46. The number of benzene rings is 3. The van der Waals surface area contributed by atoms with Gasteiger partial charge in [-0.3, -0.25) is 9.59 Å². The van der Waals surface area contributed by atoms with E-state index in [1.54, 1.807) is 20.3 Å². The summed E-state index contributed by atoms with van der Waals surface area (Å²) in [5.41, 5.74) is 0. The van der Waals surface area contributed by atoms with E-state index in [9.17, 15) is 9.59 Å². The summed E-state index contributed by atoms with van der Waals surface area (Å²) in [6, 6.07) is 13.2. The minimum Gasteiger partial charge on any atom is -0.488 e. The van der Waals surface area contributed by atoms with Gasteiger partial charge in [-0.05, 0) is 31.0 Å². The molecular formula is C30H37ClO8. The highest BCUT2D eigenvalue weighted by Gasteiger charge is 2.22. The van der Waals surface area contributed by atoms with Gasteiger partial charge in [0.05, 0.1) is 13.2 Å². The lowest BCUT2D eigenvalue weighted by atomic mass is 10.0. The summed E-state index contributed by atoms with van der Waals surface area (Å²) >= 11 is 6.41. The fraction of sp³-hybridized carbons (Fsp3) is 0.467. The van der Waals surface area contributed by atoms with Crippen LogP contribution in [-0.2, 0) is 28.5 Å². The zero-order valence-corrected chi connectivity index (χ0v) is 23.8. The Hall–Kier alpha value is -3.07. The highest BCUT2D eigenvalue weighted by molar-refractivity contribution is 6.31. The maximum absolute atomic E-state index is 12.1. The minimum absolute atomic E-state index is 0.0956. The van der Waals surface area contributed by atoms with Crippen LogP contribution in [-0.4, -0.2) is 64.8 Å². The van der Waals surface area contributed by atoms with E-state index in [1.165, 1.54) is 0 Å². The highest BCUT2D eigenvalue weighted by atomic mass is 35.5. The van der Waals surface area contributed by atoms with Crippen molar-refractivity contribution in [2.45, 2.75) is 51.7 Å². The third-order valence-corrected chi connectivity index (χ3v) is 6.16. The molecule has 0 amide bonds. The van der Waals surface area contributed by atoms with E-state index in [0.29, 0.717) is 42.2 Å². The highest BCUT2D eigenvalue weighted by Crippen LogP contribution is 2.43. The number of rotatable bonds is 16. The van der Waals surface area contributed by atoms with E-state index in [2.05, 4.69) is 0 Å². The average molecular weight is 561 g/mol. The number of esters is 2. The topological polar surface area (TPSA) is 89.5 Å². The molecule has 3 rings (SSSR count). The predicted octanol–water partition coefficient (Wildman–Crippen LogP) is 6.12. The zero-order valence-electron chi connectivity index (χ0n) is 23.0. The lowest BCUT2D eigenvalue weighted by Gasteiger charge is -2.22. The molecule has 3 aromatic rings. The van der Waals surface area contributed by atoms with Gasteiger partial charge in [0, 0.05) is 53.6 Å². The van der Waals surface area contributed by atoms with E-state index in [4.69, 9.17) is 40.0 Å². The first-order valence-electron chi connectivity index (χ1n) is 13.2. The van der Waals surface area contributed by atoms with Crippen molar-refractivity contribution in [1.82, 2.24) is 0 Å². The SMILES string of the molecule is CCCC(=O)OC(COC)COc1c2ccccc2c(OCC(COC)OC(=O)CCC)c2cc(Cl)ccc12. The quantitative estimate of drug-likeness (QED) is 0.153. The normalized spacial score (nSPS) is 12.7. The molecule has 0 N–H and O–H groups in total. The summed E-state index contributed by atoms with van der Waals surface area (Å²) in [5, 5.41) is 3.64. The Labute approximate surface area is 234 Å². The van der Waals surface area contributed by atoms with Gasteiger partial charge in [0.15, 0.2) is 12.2 Å². The van der Waals surface area contributed by atoms with Crippen LogP contribution in [0.4, 0.5) is 0 Å². The van der Waals surface area contributed by atoms with Gasteiger partial charge in [-0.15, -0.1) is 0 Å². The largest absolute Gasteiger partial charge is 0.488 e. The van der Waals surface area contributed by atoms with Gasteiger partial charge in [0.25, 0.3) is 0 Å². The molecule has 0 aliphatic carbocycles. The molecule has 0 heterocycles. The molecule has 0 bridgehead atoms. The number of methoxy groups -OCH3 is 2. The van der Waals surface area contributed by atoms with Gasteiger partial charge in [0.1, 0.15) is 24.7 Å². The molecule has 3 aromatic carbocycles. The summed E-state index contributed by atoms with van der Waals surface area (Å²) in [5.74, 6) is 0.611. The first-order chi connectivity index (χ1) is 18.9. The van der Waals surface area contributed by atoms with Crippen LogP contribution in [0.2, 0.25) is 5.02 Å². The predicted molar refractivity (Wildman–Crippen MR) is 151 cm³/mol. The number of carbonyl (C=O) groups excluding carboxylic acids is 2. The molecular weight excluding hydrogens is 524 g/mol. The molecule has 0 aromatic heterocycles. The van der Waals surface area contributed by atoms with Gasteiger partial charge < -0.3 is 28.4 Å². The Morgan fingerprint density at radius 1 is 0.692 bits per heavy atom. The number of halogens is 1. The van der Waals surface area contributed by atoms with Crippen LogP contribution >= 0.6 is 11.6 Å². The molecule has 0 aliphatic rings. The average Bonchev–Trinajstić information content (AvgIpc) is 2.90. The molecule has 39 heavy (non-hydrogen) atoms. The molecule has 0 saturated carbocycles. The minimum atomic E-state index is -0.578. The van der Waals surface area contributed by atoms with Crippen molar-refractivity contribution in [1.29, 1.82) is 0 Å². The number of fused-ring (bicyclic) bond motifs is 2. The molecule has 0 radical (unpaired) electrons. The van der Waals surface area contributed by atoms with Gasteiger partial charge in [-0.2, -0.15) is 0 Å². The maximum atomic E-state index is 12.1. The van der Waals surface area contributed by atoms with Gasteiger partial charge >= 0.3 is 11.9 Å². The smallest absolute Gasteiger partial charge is 0.306 e. The van der Waals surface area contributed by atoms with Crippen LogP contribution in [0.15, 0.2) is 42.5 Å². The first kappa shape index (κ1) is 30.5. The Balaban J connectivity index is 1.98. The Kier molecular flexibility index (Phi) is 12.1. The molecule has 0 fully saturated rings. The van der Waals surface area contributed by atoms with Crippen LogP contribution in [0.5, 0.6) is 11.5 Å². The molecule has 9 heteroatoms. The summed E-state index contributed by atoms with van der Waals surface area (Å²) in [6.07, 6.45) is 0.890. The summed E-state index contributed by atoms with van der Waals surface area (Å²) < 4.78 is 34.3. The van der Waals surface area contributed by atoms with Gasteiger partial charge in [-0.1, -0.05) is 49.7 Å². The van der Waals surface area contributed by atoms with Gasteiger partial charge in [0.2, 0.25) is 0 Å². The molecule has 2 atom stereocenters. The number of ether oxygens (including phenoxy) is 6. The lowest BCUT2D eigenvalue weighted by molar-refractivity contribution is -0.154. The fourth-order valence-electron chi connectivity index (χ4n) is 4.24. The van der Waals surface area contributed by atoms with E-state index in [1.807, 2.05) is 50.2 Å². The maximum Gasteiger partial charge on any atom is 0.306 e. The van der Waals surface area contributed by atoms with E-state index in [-0.39, 0.29) is 38.4 Å². The van der Waals surface area contributed by atoms with E-state index < -0.39 is 12.2 Å². The second kappa shape index (κ2) is 15.5. The number of hydrogen-bond acceptors (Lipinski definition) is 8. The Morgan fingerprint density at radius 2 is 1.15 bits per heavy atom. The van der Waals surface area contributed by atoms with Crippen LogP contribution in [0.25, 0.3) is 21.5 Å². The van der Waals surface area contributed by atoms with Crippen LogP contribution in [0, 0.1) is 0 Å². The van der Waals surface area contributed by atoms with Crippen molar-refractivity contribution in [2.75, 3.05) is 40.6 Å². The van der Waals surface area contributed by atoms with Crippen molar-refractivity contribution in [3.63, 3.8) is 0 Å². The number of hydrogen-bond donors (Lipinski definition) is 0. The second-order valence-electron chi connectivity index (χ2n) is 9.15. The van der Waals surface area contributed by atoms with Crippen molar-refractivity contribution in [2.24, 2.45) is 0 Å². The molecule has 212 valence electrons. The van der Waals surface area contributed by atoms with Crippen LogP contribution < -0.4 is 9.47 Å². The zero-order chi connectivity index (χ0) is 28.2. The van der Waals surface area contributed by atoms with Crippen molar-refractivity contribution < 1.29 is 38.0 Å². The Bertz CT molecular complexity index is 1240. The number of carbonyl (C=O) groups is 2. The molecule has 0 spiro atoms. The van der Waals surface area contributed by atoms with Crippen molar-refractivity contribution in [3.8, 4) is 11.5 Å². The molecule has 2 unspecified atom stereocenters.